The van der Waals surface area contributed by atoms with Crippen LogP contribution in [0.2, 0.25) is 0 Å². The van der Waals surface area contributed by atoms with E-state index in [0.29, 0.717) is 36.1 Å². The molecule has 1 heterocycles. The van der Waals surface area contributed by atoms with Gasteiger partial charge in [-0.3, -0.25) is 9.59 Å². The summed E-state index contributed by atoms with van der Waals surface area (Å²) in [7, 11) is 0. The van der Waals surface area contributed by atoms with Gasteiger partial charge in [0.2, 0.25) is 11.8 Å². The number of anilines is 2. The van der Waals surface area contributed by atoms with Crippen LogP contribution in [-0.4, -0.2) is 25.0 Å². The molecule has 6 nitrogen and oxygen atoms in total. The molecule has 0 saturated carbocycles. The predicted octanol–water partition coefficient (Wildman–Crippen LogP) is 3.36. The van der Waals surface area contributed by atoms with E-state index in [9.17, 15) is 9.59 Å². The van der Waals surface area contributed by atoms with E-state index >= 15 is 0 Å². The third-order valence-corrected chi connectivity index (χ3v) is 4.20. The minimum Gasteiger partial charge on any atom is -0.486 e. The second kappa shape index (κ2) is 7.57. The molecule has 0 aliphatic carbocycles. The van der Waals surface area contributed by atoms with E-state index < -0.39 is 0 Å². The molecule has 0 fully saturated rings. The SMILES string of the molecule is CC(=O)Nc1ccc(CC(=O)Nc2cc3c(cc2Br)OCCO3)cc1. The van der Waals surface area contributed by atoms with Gasteiger partial charge in [0.25, 0.3) is 0 Å². The van der Waals surface area contributed by atoms with Gasteiger partial charge in [-0.2, -0.15) is 0 Å². The third kappa shape index (κ3) is 4.51. The summed E-state index contributed by atoms with van der Waals surface area (Å²) in [6.07, 6.45) is 0.223. The van der Waals surface area contributed by atoms with Crippen molar-refractivity contribution in [1.29, 1.82) is 0 Å². The Hall–Kier alpha value is -2.54. The number of halogens is 1. The van der Waals surface area contributed by atoms with Crippen LogP contribution < -0.4 is 20.1 Å². The normalized spacial score (nSPS) is 12.4. The molecule has 0 saturated heterocycles. The van der Waals surface area contributed by atoms with E-state index in [1.54, 1.807) is 24.3 Å². The summed E-state index contributed by atoms with van der Waals surface area (Å²) in [4.78, 5) is 23.3. The Balaban J connectivity index is 1.65. The van der Waals surface area contributed by atoms with Crippen LogP contribution in [0, 0.1) is 0 Å². The molecule has 130 valence electrons. The Morgan fingerprint density at radius 3 is 2.32 bits per heavy atom. The number of rotatable bonds is 4. The maximum Gasteiger partial charge on any atom is 0.228 e. The zero-order valence-corrected chi connectivity index (χ0v) is 15.2. The van der Waals surface area contributed by atoms with Crippen LogP contribution in [0.1, 0.15) is 12.5 Å². The number of carbonyl (C=O) groups is 2. The molecular weight excluding hydrogens is 388 g/mol. The Morgan fingerprint density at radius 1 is 1.04 bits per heavy atom. The summed E-state index contributed by atoms with van der Waals surface area (Å²) in [5.41, 5.74) is 2.18. The largest absolute Gasteiger partial charge is 0.486 e. The number of nitrogens with one attached hydrogen (secondary N) is 2. The first-order valence-corrected chi connectivity index (χ1v) is 8.56. The molecule has 0 aromatic heterocycles. The number of ether oxygens (including phenoxy) is 2. The fourth-order valence-electron chi connectivity index (χ4n) is 2.45. The molecule has 25 heavy (non-hydrogen) atoms. The summed E-state index contributed by atoms with van der Waals surface area (Å²) in [6, 6.07) is 10.7. The quantitative estimate of drug-likeness (QED) is 0.818. The van der Waals surface area contributed by atoms with Crippen LogP contribution in [0.15, 0.2) is 40.9 Å². The first-order valence-electron chi connectivity index (χ1n) is 7.77. The Morgan fingerprint density at radius 2 is 1.68 bits per heavy atom. The lowest BCUT2D eigenvalue weighted by molar-refractivity contribution is -0.116. The summed E-state index contributed by atoms with van der Waals surface area (Å²) >= 11 is 3.43. The van der Waals surface area contributed by atoms with Crippen LogP contribution in [-0.2, 0) is 16.0 Å². The number of hydrogen-bond donors (Lipinski definition) is 2. The highest BCUT2D eigenvalue weighted by Crippen LogP contribution is 2.38. The molecule has 2 aromatic rings. The minimum atomic E-state index is -0.148. The van der Waals surface area contributed by atoms with E-state index in [1.807, 2.05) is 12.1 Å². The van der Waals surface area contributed by atoms with Crippen LogP contribution in [0.5, 0.6) is 11.5 Å². The smallest absolute Gasteiger partial charge is 0.228 e. The van der Waals surface area contributed by atoms with Crippen molar-refractivity contribution in [2.45, 2.75) is 13.3 Å². The van der Waals surface area contributed by atoms with Crippen LogP contribution in [0.25, 0.3) is 0 Å². The van der Waals surface area contributed by atoms with E-state index in [-0.39, 0.29) is 18.2 Å². The Bertz CT molecular complexity index is 805. The number of carbonyl (C=O) groups excluding carboxylic acids is 2. The highest BCUT2D eigenvalue weighted by Gasteiger charge is 2.16. The molecule has 0 bridgehead atoms. The van der Waals surface area contributed by atoms with Crippen LogP contribution in [0.3, 0.4) is 0 Å². The van der Waals surface area contributed by atoms with Crippen molar-refractivity contribution in [3.8, 4) is 11.5 Å². The molecular formula is C18H17BrN2O4. The topological polar surface area (TPSA) is 76.7 Å². The lowest BCUT2D eigenvalue weighted by Crippen LogP contribution is -2.17. The van der Waals surface area contributed by atoms with Gasteiger partial charge in [0, 0.05) is 29.2 Å². The standard InChI is InChI=1S/C18H17BrN2O4/c1-11(22)20-13-4-2-12(3-5-13)8-18(23)21-15-10-17-16(9-14(15)19)24-6-7-25-17/h2-5,9-10H,6-8H2,1H3,(H,20,22)(H,21,23). The van der Waals surface area contributed by atoms with Crippen LogP contribution in [0.4, 0.5) is 11.4 Å². The second-order valence-electron chi connectivity index (χ2n) is 5.58. The van der Waals surface area contributed by atoms with Crippen molar-refractivity contribution in [3.05, 3.63) is 46.4 Å². The summed E-state index contributed by atoms with van der Waals surface area (Å²) < 4.78 is 11.8. The van der Waals surface area contributed by atoms with Crippen molar-refractivity contribution in [2.75, 3.05) is 23.8 Å². The number of hydrogen-bond acceptors (Lipinski definition) is 4. The predicted molar refractivity (Wildman–Crippen MR) is 98.2 cm³/mol. The number of amides is 2. The fourth-order valence-corrected chi connectivity index (χ4v) is 2.87. The van der Waals surface area contributed by atoms with Crippen molar-refractivity contribution in [1.82, 2.24) is 0 Å². The van der Waals surface area contributed by atoms with Crippen molar-refractivity contribution >= 4 is 39.1 Å². The zero-order chi connectivity index (χ0) is 17.8. The van der Waals surface area contributed by atoms with E-state index in [2.05, 4.69) is 26.6 Å². The maximum atomic E-state index is 12.3. The molecule has 2 N–H and O–H groups in total. The first-order chi connectivity index (χ1) is 12.0. The highest BCUT2D eigenvalue weighted by molar-refractivity contribution is 9.10. The first kappa shape index (κ1) is 17.3. The second-order valence-corrected chi connectivity index (χ2v) is 6.43. The summed E-state index contributed by atoms with van der Waals surface area (Å²) in [5, 5.41) is 5.55. The van der Waals surface area contributed by atoms with Gasteiger partial charge in [-0.1, -0.05) is 12.1 Å². The van der Waals surface area contributed by atoms with Gasteiger partial charge in [-0.25, -0.2) is 0 Å². The molecule has 7 heteroatoms. The average Bonchev–Trinajstić information content (AvgIpc) is 2.57. The maximum absolute atomic E-state index is 12.3. The monoisotopic (exact) mass is 404 g/mol. The van der Waals surface area contributed by atoms with Gasteiger partial charge in [0.1, 0.15) is 13.2 Å². The fraction of sp³-hybridized carbons (Fsp3) is 0.222. The van der Waals surface area contributed by atoms with Crippen molar-refractivity contribution < 1.29 is 19.1 Å². The van der Waals surface area contributed by atoms with Gasteiger partial charge in [0.05, 0.1) is 12.1 Å². The summed E-state index contributed by atoms with van der Waals surface area (Å²) in [5.74, 6) is 0.993. The van der Waals surface area contributed by atoms with Gasteiger partial charge >= 0.3 is 0 Å². The molecule has 2 amide bonds. The van der Waals surface area contributed by atoms with E-state index in [0.717, 1.165) is 10.0 Å². The molecule has 0 spiro atoms. The molecule has 0 radical (unpaired) electrons. The molecule has 1 aliphatic heterocycles. The lowest BCUT2D eigenvalue weighted by Gasteiger charge is -2.20. The van der Waals surface area contributed by atoms with E-state index in [4.69, 9.17) is 9.47 Å². The van der Waals surface area contributed by atoms with Gasteiger partial charge < -0.3 is 20.1 Å². The lowest BCUT2D eigenvalue weighted by atomic mass is 10.1. The molecule has 0 unspecified atom stereocenters. The van der Waals surface area contributed by atoms with Gasteiger partial charge in [0.15, 0.2) is 11.5 Å². The van der Waals surface area contributed by atoms with Crippen molar-refractivity contribution in [3.63, 3.8) is 0 Å². The number of benzene rings is 2. The summed E-state index contributed by atoms with van der Waals surface area (Å²) in [6.45, 7) is 2.45. The molecule has 0 atom stereocenters. The van der Waals surface area contributed by atoms with Crippen molar-refractivity contribution in [2.24, 2.45) is 0 Å². The third-order valence-electron chi connectivity index (χ3n) is 3.54. The van der Waals surface area contributed by atoms with E-state index in [1.165, 1.54) is 6.92 Å². The molecule has 1 aliphatic rings. The highest BCUT2D eigenvalue weighted by atomic mass is 79.9. The van der Waals surface area contributed by atoms with Gasteiger partial charge in [-0.15, -0.1) is 0 Å². The minimum absolute atomic E-state index is 0.131. The molecule has 3 rings (SSSR count). The van der Waals surface area contributed by atoms with Gasteiger partial charge in [-0.05, 0) is 33.6 Å². The number of fused-ring (bicyclic) bond motifs is 1. The Kier molecular flexibility index (Phi) is 5.23. The van der Waals surface area contributed by atoms with Crippen LogP contribution >= 0.6 is 15.9 Å². The Labute approximate surface area is 153 Å². The molecule has 2 aromatic carbocycles. The average molecular weight is 405 g/mol. The zero-order valence-electron chi connectivity index (χ0n) is 13.6.